The van der Waals surface area contributed by atoms with E-state index in [9.17, 15) is 14.4 Å². The van der Waals surface area contributed by atoms with Crippen LogP contribution >= 0.6 is 0 Å². The molecular formula is C20H21NO7. The zero-order valence-electron chi connectivity index (χ0n) is 15.5. The van der Waals surface area contributed by atoms with E-state index in [0.29, 0.717) is 0 Å². The SMILES string of the molecule is CC(C)OC(=O)CNCOc1ccccc1C(=O)OOC(=O)c1ccccc1. The molecule has 148 valence electrons. The van der Waals surface area contributed by atoms with Gasteiger partial charge in [-0.25, -0.2) is 19.4 Å². The van der Waals surface area contributed by atoms with Gasteiger partial charge in [0.15, 0.2) is 0 Å². The molecule has 8 nitrogen and oxygen atoms in total. The standard InChI is InChI=1S/C20H21NO7/c1-14(2)26-18(22)12-21-13-25-17-11-7-6-10-16(17)20(24)28-27-19(23)15-8-4-3-5-9-15/h3-11,14,21H,12-13H2,1-2H3. The van der Waals surface area contributed by atoms with Crippen LogP contribution in [0.15, 0.2) is 54.6 Å². The molecule has 0 saturated carbocycles. The Morgan fingerprint density at radius 2 is 1.54 bits per heavy atom. The van der Waals surface area contributed by atoms with Crippen molar-refractivity contribution < 1.29 is 33.6 Å². The van der Waals surface area contributed by atoms with E-state index in [1.807, 2.05) is 0 Å². The molecule has 0 aliphatic rings. The number of carbonyl (C=O) groups is 3. The predicted molar refractivity (Wildman–Crippen MR) is 98.4 cm³/mol. The minimum absolute atomic E-state index is 0.0404. The van der Waals surface area contributed by atoms with E-state index >= 15 is 0 Å². The van der Waals surface area contributed by atoms with Crippen molar-refractivity contribution in [3.05, 3.63) is 65.7 Å². The minimum Gasteiger partial charge on any atom is -0.477 e. The number of para-hydroxylation sites is 1. The Balaban J connectivity index is 1.85. The molecule has 0 atom stereocenters. The van der Waals surface area contributed by atoms with Crippen LogP contribution in [0.5, 0.6) is 5.75 Å². The number of nitrogens with one attached hydrogen (secondary N) is 1. The van der Waals surface area contributed by atoms with Gasteiger partial charge in [-0.15, -0.1) is 0 Å². The molecule has 0 radical (unpaired) electrons. The molecule has 0 saturated heterocycles. The van der Waals surface area contributed by atoms with Crippen LogP contribution in [-0.2, 0) is 19.3 Å². The zero-order chi connectivity index (χ0) is 20.4. The lowest BCUT2D eigenvalue weighted by Crippen LogP contribution is -2.29. The lowest BCUT2D eigenvalue weighted by molar-refractivity contribution is -0.187. The van der Waals surface area contributed by atoms with Gasteiger partial charge in [-0.05, 0) is 38.1 Å². The van der Waals surface area contributed by atoms with Crippen molar-refractivity contribution in [2.45, 2.75) is 20.0 Å². The van der Waals surface area contributed by atoms with Crippen LogP contribution in [0.1, 0.15) is 34.6 Å². The Morgan fingerprint density at radius 1 is 0.893 bits per heavy atom. The first-order valence-corrected chi connectivity index (χ1v) is 8.57. The molecule has 2 aromatic rings. The fourth-order valence-corrected chi connectivity index (χ4v) is 2.09. The van der Waals surface area contributed by atoms with Crippen molar-refractivity contribution in [2.75, 3.05) is 13.3 Å². The molecule has 0 aliphatic carbocycles. The molecule has 2 rings (SSSR count). The van der Waals surface area contributed by atoms with E-state index in [2.05, 4.69) is 15.1 Å². The first kappa shape index (κ1) is 20.9. The maximum atomic E-state index is 12.2. The van der Waals surface area contributed by atoms with Crippen LogP contribution in [0, 0.1) is 0 Å². The molecule has 8 heteroatoms. The van der Waals surface area contributed by atoms with Crippen LogP contribution in [0.25, 0.3) is 0 Å². The average molecular weight is 387 g/mol. The highest BCUT2D eigenvalue weighted by Crippen LogP contribution is 2.19. The molecule has 0 aliphatic heterocycles. The number of ether oxygens (including phenoxy) is 2. The Bertz CT molecular complexity index is 805. The van der Waals surface area contributed by atoms with Gasteiger partial charge in [0, 0.05) is 0 Å². The second-order valence-corrected chi connectivity index (χ2v) is 5.86. The van der Waals surface area contributed by atoms with Gasteiger partial charge < -0.3 is 9.47 Å². The Hall–Kier alpha value is -3.39. The van der Waals surface area contributed by atoms with Crippen LogP contribution < -0.4 is 10.1 Å². The van der Waals surface area contributed by atoms with E-state index in [1.54, 1.807) is 50.2 Å². The smallest absolute Gasteiger partial charge is 0.390 e. The summed E-state index contributed by atoms with van der Waals surface area (Å²) >= 11 is 0. The van der Waals surface area contributed by atoms with Crippen molar-refractivity contribution >= 4 is 17.9 Å². The minimum atomic E-state index is -0.890. The fourth-order valence-electron chi connectivity index (χ4n) is 2.09. The van der Waals surface area contributed by atoms with Gasteiger partial charge in [-0.3, -0.25) is 10.1 Å². The van der Waals surface area contributed by atoms with E-state index in [1.165, 1.54) is 18.2 Å². The molecule has 0 aromatic heterocycles. The molecule has 2 aromatic carbocycles. The van der Waals surface area contributed by atoms with Crippen LogP contribution in [0.4, 0.5) is 0 Å². The molecule has 0 spiro atoms. The quantitative estimate of drug-likeness (QED) is 0.242. The number of esters is 1. The van der Waals surface area contributed by atoms with E-state index in [4.69, 9.17) is 9.47 Å². The summed E-state index contributed by atoms with van der Waals surface area (Å²) in [5, 5.41) is 2.74. The van der Waals surface area contributed by atoms with Crippen molar-refractivity contribution in [1.29, 1.82) is 0 Å². The third-order valence-corrected chi connectivity index (χ3v) is 3.28. The molecule has 0 amide bonds. The van der Waals surface area contributed by atoms with Gasteiger partial charge >= 0.3 is 17.9 Å². The number of benzene rings is 2. The zero-order valence-corrected chi connectivity index (χ0v) is 15.5. The maximum Gasteiger partial charge on any atom is 0.390 e. The first-order valence-electron chi connectivity index (χ1n) is 8.57. The number of hydrogen-bond acceptors (Lipinski definition) is 8. The Kier molecular flexibility index (Phi) is 7.98. The molecular weight excluding hydrogens is 366 g/mol. The summed E-state index contributed by atoms with van der Waals surface area (Å²) in [4.78, 5) is 44.6. The summed E-state index contributed by atoms with van der Waals surface area (Å²) in [6.45, 7) is 3.42. The molecule has 0 bridgehead atoms. The van der Waals surface area contributed by atoms with E-state index in [-0.39, 0.29) is 36.3 Å². The monoisotopic (exact) mass is 387 g/mol. The van der Waals surface area contributed by atoms with Gasteiger partial charge in [-0.2, -0.15) is 0 Å². The summed E-state index contributed by atoms with van der Waals surface area (Å²) < 4.78 is 10.4. The molecule has 0 heterocycles. The van der Waals surface area contributed by atoms with Crippen molar-refractivity contribution in [3.63, 3.8) is 0 Å². The highest BCUT2D eigenvalue weighted by atomic mass is 17.2. The molecule has 1 N–H and O–H groups in total. The fraction of sp³-hybridized carbons (Fsp3) is 0.250. The summed E-state index contributed by atoms with van der Waals surface area (Å²) in [5.41, 5.74) is 0.312. The average Bonchev–Trinajstić information content (AvgIpc) is 2.69. The first-order chi connectivity index (χ1) is 13.5. The Labute approximate surface area is 162 Å². The lowest BCUT2D eigenvalue weighted by atomic mass is 10.2. The van der Waals surface area contributed by atoms with Gasteiger partial charge in [-0.1, -0.05) is 30.3 Å². The van der Waals surface area contributed by atoms with Gasteiger partial charge in [0.2, 0.25) is 0 Å². The number of rotatable bonds is 8. The Morgan fingerprint density at radius 3 is 2.25 bits per heavy atom. The summed E-state index contributed by atoms with van der Waals surface area (Å²) in [6.07, 6.45) is -0.204. The summed E-state index contributed by atoms with van der Waals surface area (Å²) in [5.74, 6) is -1.90. The van der Waals surface area contributed by atoms with Crippen molar-refractivity contribution in [1.82, 2.24) is 5.32 Å². The van der Waals surface area contributed by atoms with Gasteiger partial charge in [0.1, 0.15) is 18.0 Å². The second-order valence-electron chi connectivity index (χ2n) is 5.86. The summed E-state index contributed by atoms with van der Waals surface area (Å²) in [6, 6.07) is 14.4. The molecule has 28 heavy (non-hydrogen) atoms. The van der Waals surface area contributed by atoms with Gasteiger partial charge in [0.25, 0.3) is 0 Å². The molecule has 0 fully saturated rings. The highest BCUT2D eigenvalue weighted by molar-refractivity contribution is 5.94. The number of hydrogen-bond donors (Lipinski definition) is 1. The third-order valence-electron chi connectivity index (χ3n) is 3.28. The van der Waals surface area contributed by atoms with Crippen molar-refractivity contribution in [2.24, 2.45) is 0 Å². The van der Waals surface area contributed by atoms with Gasteiger partial charge in [0.05, 0.1) is 18.2 Å². The van der Waals surface area contributed by atoms with Crippen LogP contribution in [0.3, 0.4) is 0 Å². The van der Waals surface area contributed by atoms with E-state index in [0.717, 1.165) is 0 Å². The van der Waals surface area contributed by atoms with Crippen molar-refractivity contribution in [3.8, 4) is 5.75 Å². The van der Waals surface area contributed by atoms with Crippen LogP contribution in [-0.4, -0.2) is 37.3 Å². The normalized spacial score (nSPS) is 10.2. The van der Waals surface area contributed by atoms with Crippen LogP contribution in [0.2, 0.25) is 0 Å². The topological polar surface area (TPSA) is 100 Å². The van der Waals surface area contributed by atoms with E-state index < -0.39 is 17.9 Å². The largest absolute Gasteiger partial charge is 0.477 e. The third kappa shape index (κ3) is 6.73. The number of carbonyl (C=O) groups excluding carboxylic acids is 3. The predicted octanol–water partition coefficient (Wildman–Crippen LogP) is 2.49. The second kappa shape index (κ2) is 10.7. The highest BCUT2D eigenvalue weighted by Gasteiger charge is 2.18. The molecule has 0 unspecified atom stereocenters. The lowest BCUT2D eigenvalue weighted by Gasteiger charge is -2.12. The summed E-state index contributed by atoms with van der Waals surface area (Å²) in [7, 11) is 0. The maximum absolute atomic E-state index is 12.2.